The molecule has 0 atom stereocenters. The van der Waals surface area contributed by atoms with Gasteiger partial charge in [-0.25, -0.2) is 4.79 Å². The molecule has 0 radical (unpaired) electrons. The molecule has 0 saturated carbocycles. The molecule has 7 heteroatoms. The van der Waals surface area contributed by atoms with Gasteiger partial charge in [0.15, 0.2) is 0 Å². The molecule has 98 valence electrons. The number of aryl methyl sites for hydroxylation is 1. The summed E-state index contributed by atoms with van der Waals surface area (Å²) in [5.74, 6) is -0.947. The number of nitro groups is 1. The van der Waals surface area contributed by atoms with Crippen LogP contribution in [0, 0.1) is 17.0 Å². The SMILES string of the molecule is Cc1cc([N+](=O)[O-])ccc1Sc1csc(C(=O)O)c1. The van der Waals surface area contributed by atoms with Crippen molar-refractivity contribution in [2.24, 2.45) is 0 Å². The molecule has 2 aromatic rings. The van der Waals surface area contributed by atoms with Crippen molar-refractivity contribution >= 4 is 34.8 Å². The quantitative estimate of drug-likeness (QED) is 0.685. The molecule has 0 aliphatic carbocycles. The van der Waals surface area contributed by atoms with Gasteiger partial charge in [-0.05, 0) is 24.6 Å². The summed E-state index contributed by atoms with van der Waals surface area (Å²) < 4.78 is 0. The summed E-state index contributed by atoms with van der Waals surface area (Å²) in [7, 11) is 0. The summed E-state index contributed by atoms with van der Waals surface area (Å²) in [6.45, 7) is 1.79. The zero-order valence-electron chi connectivity index (χ0n) is 9.82. The van der Waals surface area contributed by atoms with Crippen LogP contribution in [-0.2, 0) is 0 Å². The Morgan fingerprint density at radius 3 is 2.68 bits per heavy atom. The molecule has 0 bridgehead atoms. The molecule has 0 spiro atoms. The van der Waals surface area contributed by atoms with E-state index in [2.05, 4.69) is 0 Å². The van der Waals surface area contributed by atoms with Gasteiger partial charge >= 0.3 is 5.97 Å². The van der Waals surface area contributed by atoms with Crippen molar-refractivity contribution in [3.05, 3.63) is 50.2 Å². The molecular weight excluding hydrogens is 286 g/mol. The molecule has 0 aliphatic heterocycles. The first-order valence-corrected chi connectivity index (χ1v) is 6.91. The van der Waals surface area contributed by atoms with E-state index in [1.807, 2.05) is 0 Å². The van der Waals surface area contributed by atoms with E-state index >= 15 is 0 Å². The van der Waals surface area contributed by atoms with Crippen molar-refractivity contribution in [1.82, 2.24) is 0 Å². The molecule has 5 nitrogen and oxygen atoms in total. The van der Waals surface area contributed by atoms with Gasteiger partial charge in [-0.15, -0.1) is 11.3 Å². The topological polar surface area (TPSA) is 80.4 Å². The number of aromatic carboxylic acids is 1. The van der Waals surface area contributed by atoms with Crippen LogP contribution in [0.15, 0.2) is 39.4 Å². The van der Waals surface area contributed by atoms with E-state index in [1.54, 1.807) is 24.4 Å². The van der Waals surface area contributed by atoms with Crippen LogP contribution in [-0.4, -0.2) is 16.0 Å². The van der Waals surface area contributed by atoms with Crippen LogP contribution in [0.3, 0.4) is 0 Å². The van der Waals surface area contributed by atoms with E-state index in [4.69, 9.17) is 5.11 Å². The van der Waals surface area contributed by atoms with E-state index < -0.39 is 10.9 Å². The fourth-order valence-corrected chi connectivity index (χ4v) is 3.28. The first kappa shape index (κ1) is 13.6. The van der Waals surface area contributed by atoms with Gasteiger partial charge < -0.3 is 5.11 Å². The monoisotopic (exact) mass is 295 g/mol. The molecular formula is C12H9NO4S2. The zero-order valence-corrected chi connectivity index (χ0v) is 11.5. The van der Waals surface area contributed by atoms with Gasteiger partial charge in [0.05, 0.1) is 4.92 Å². The molecule has 0 amide bonds. The zero-order chi connectivity index (χ0) is 14.0. The highest BCUT2D eigenvalue weighted by atomic mass is 32.2. The average Bonchev–Trinajstić information content (AvgIpc) is 2.80. The second-order valence-electron chi connectivity index (χ2n) is 3.76. The van der Waals surface area contributed by atoms with Gasteiger partial charge in [0.1, 0.15) is 4.88 Å². The third-order valence-corrected chi connectivity index (χ3v) is 4.60. The molecule has 0 fully saturated rings. The van der Waals surface area contributed by atoms with E-state index in [0.29, 0.717) is 0 Å². The van der Waals surface area contributed by atoms with Crippen LogP contribution in [0.2, 0.25) is 0 Å². The Labute approximate surface area is 117 Å². The number of thiophene rings is 1. The summed E-state index contributed by atoms with van der Waals surface area (Å²) in [5.41, 5.74) is 0.848. The van der Waals surface area contributed by atoms with Crippen LogP contribution in [0.4, 0.5) is 5.69 Å². The Kier molecular flexibility index (Phi) is 3.87. The highest BCUT2D eigenvalue weighted by molar-refractivity contribution is 7.99. The number of nitrogens with zero attached hydrogens (tertiary/aromatic N) is 1. The Balaban J connectivity index is 2.23. The highest BCUT2D eigenvalue weighted by Gasteiger charge is 2.11. The molecule has 0 saturated heterocycles. The van der Waals surface area contributed by atoms with Gasteiger partial charge in [0, 0.05) is 27.3 Å². The summed E-state index contributed by atoms with van der Waals surface area (Å²) in [6.07, 6.45) is 0. The number of hydrogen-bond donors (Lipinski definition) is 1. The van der Waals surface area contributed by atoms with Crippen molar-refractivity contribution in [2.75, 3.05) is 0 Å². The van der Waals surface area contributed by atoms with Gasteiger partial charge in [0.2, 0.25) is 0 Å². The number of nitro benzene ring substituents is 1. The number of hydrogen-bond acceptors (Lipinski definition) is 5. The molecule has 19 heavy (non-hydrogen) atoms. The lowest BCUT2D eigenvalue weighted by molar-refractivity contribution is -0.385. The predicted molar refractivity (Wildman–Crippen MR) is 73.2 cm³/mol. The summed E-state index contributed by atoms with van der Waals surface area (Å²) >= 11 is 2.56. The second-order valence-corrected chi connectivity index (χ2v) is 5.79. The van der Waals surface area contributed by atoms with Crippen molar-refractivity contribution in [2.45, 2.75) is 16.7 Å². The lowest BCUT2D eigenvalue weighted by atomic mass is 10.2. The minimum Gasteiger partial charge on any atom is -0.477 e. The largest absolute Gasteiger partial charge is 0.477 e. The van der Waals surface area contributed by atoms with Crippen molar-refractivity contribution in [3.8, 4) is 0 Å². The van der Waals surface area contributed by atoms with Crippen molar-refractivity contribution in [3.63, 3.8) is 0 Å². The number of rotatable bonds is 4. The number of carbonyl (C=O) groups is 1. The molecule has 1 N–H and O–H groups in total. The molecule has 0 unspecified atom stereocenters. The maximum Gasteiger partial charge on any atom is 0.345 e. The van der Waals surface area contributed by atoms with Crippen LogP contribution in [0.5, 0.6) is 0 Å². The summed E-state index contributed by atoms with van der Waals surface area (Å²) in [5, 5.41) is 21.2. The smallest absolute Gasteiger partial charge is 0.345 e. The molecule has 2 rings (SSSR count). The lowest BCUT2D eigenvalue weighted by Crippen LogP contribution is -1.90. The van der Waals surface area contributed by atoms with E-state index in [1.165, 1.54) is 23.9 Å². The third-order valence-electron chi connectivity index (χ3n) is 2.38. The standard InChI is InChI=1S/C12H9NO4S2/c1-7-4-8(13(16)17)2-3-10(7)19-9-5-11(12(14)15)18-6-9/h2-6H,1H3,(H,14,15). The maximum absolute atomic E-state index is 10.8. The molecule has 1 aromatic carbocycles. The normalized spacial score (nSPS) is 10.4. The number of benzene rings is 1. The Bertz CT molecular complexity index is 651. The number of carboxylic acids is 1. The first-order chi connectivity index (χ1) is 8.97. The Morgan fingerprint density at radius 2 is 2.16 bits per heavy atom. The fourth-order valence-electron chi connectivity index (χ4n) is 1.47. The summed E-state index contributed by atoms with van der Waals surface area (Å²) in [4.78, 5) is 23.0. The molecule has 0 aliphatic rings. The number of carboxylic acid groups (broad SMARTS) is 1. The van der Waals surface area contributed by atoms with Crippen molar-refractivity contribution in [1.29, 1.82) is 0 Å². The third kappa shape index (κ3) is 3.12. The van der Waals surface area contributed by atoms with Crippen LogP contribution < -0.4 is 0 Å². The van der Waals surface area contributed by atoms with E-state index in [9.17, 15) is 14.9 Å². The van der Waals surface area contributed by atoms with Crippen LogP contribution >= 0.6 is 23.1 Å². The van der Waals surface area contributed by atoms with E-state index in [-0.39, 0.29) is 10.6 Å². The lowest BCUT2D eigenvalue weighted by Gasteiger charge is -2.03. The van der Waals surface area contributed by atoms with Crippen LogP contribution in [0.25, 0.3) is 0 Å². The first-order valence-electron chi connectivity index (χ1n) is 5.22. The van der Waals surface area contributed by atoms with Gasteiger partial charge in [0.25, 0.3) is 5.69 Å². The van der Waals surface area contributed by atoms with Gasteiger partial charge in [-0.2, -0.15) is 0 Å². The Morgan fingerprint density at radius 1 is 1.42 bits per heavy atom. The van der Waals surface area contributed by atoms with Gasteiger partial charge in [-0.3, -0.25) is 10.1 Å². The average molecular weight is 295 g/mol. The number of non-ortho nitro benzene ring substituents is 1. The highest BCUT2D eigenvalue weighted by Crippen LogP contribution is 2.34. The van der Waals surface area contributed by atoms with E-state index in [0.717, 1.165) is 26.7 Å². The predicted octanol–water partition coefficient (Wildman–Crippen LogP) is 3.81. The van der Waals surface area contributed by atoms with Gasteiger partial charge in [-0.1, -0.05) is 11.8 Å². The summed E-state index contributed by atoms with van der Waals surface area (Å²) in [6, 6.07) is 6.22. The second kappa shape index (κ2) is 5.41. The fraction of sp³-hybridized carbons (Fsp3) is 0.0833. The maximum atomic E-state index is 10.8. The van der Waals surface area contributed by atoms with Crippen LogP contribution in [0.1, 0.15) is 15.2 Å². The van der Waals surface area contributed by atoms with Crippen molar-refractivity contribution < 1.29 is 14.8 Å². The minimum absolute atomic E-state index is 0.0541. The molecule has 1 heterocycles. The Hall–Kier alpha value is -1.86. The minimum atomic E-state index is -0.947. The molecule has 1 aromatic heterocycles.